The van der Waals surface area contributed by atoms with Gasteiger partial charge in [0.1, 0.15) is 6.67 Å². The SMILES string of the molecule is NC(CC(O)CF)C1CCCCCC1. The van der Waals surface area contributed by atoms with Crippen molar-refractivity contribution in [3.63, 3.8) is 0 Å². The summed E-state index contributed by atoms with van der Waals surface area (Å²) in [4.78, 5) is 0. The number of hydrogen-bond acceptors (Lipinski definition) is 2. The highest BCUT2D eigenvalue weighted by atomic mass is 19.1. The molecule has 2 atom stereocenters. The molecule has 0 radical (unpaired) electrons. The largest absolute Gasteiger partial charge is 0.390 e. The van der Waals surface area contributed by atoms with E-state index < -0.39 is 12.8 Å². The van der Waals surface area contributed by atoms with E-state index in [-0.39, 0.29) is 6.04 Å². The Kier molecular flexibility index (Phi) is 5.41. The molecule has 0 aromatic heterocycles. The summed E-state index contributed by atoms with van der Waals surface area (Å²) >= 11 is 0. The molecule has 2 unspecified atom stereocenters. The molecule has 0 saturated heterocycles. The standard InChI is InChI=1S/C11H22FNO/c12-8-10(14)7-11(13)9-5-3-1-2-4-6-9/h9-11,14H,1-8,13H2. The van der Waals surface area contributed by atoms with Gasteiger partial charge in [0.2, 0.25) is 0 Å². The Balaban J connectivity index is 2.30. The fraction of sp³-hybridized carbons (Fsp3) is 1.00. The first-order valence-electron chi connectivity index (χ1n) is 5.73. The molecule has 3 N–H and O–H groups in total. The third kappa shape index (κ3) is 3.93. The van der Waals surface area contributed by atoms with E-state index in [0.29, 0.717) is 12.3 Å². The summed E-state index contributed by atoms with van der Waals surface area (Å²) in [6, 6.07) is -0.0150. The average molecular weight is 203 g/mol. The van der Waals surface area contributed by atoms with E-state index in [0.717, 1.165) is 12.8 Å². The van der Waals surface area contributed by atoms with E-state index in [4.69, 9.17) is 5.73 Å². The van der Waals surface area contributed by atoms with Crippen molar-refractivity contribution in [2.24, 2.45) is 11.7 Å². The lowest BCUT2D eigenvalue weighted by atomic mass is 9.89. The van der Waals surface area contributed by atoms with Crippen LogP contribution in [0.25, 0.3) is 0 Å². The third-order valence-electron chi connectivity index (χ3n) is 3.23. The van der Waals surface area contributed by atoms with Crippen molar-refractivity contribution in [1.29, 1.82) is 0 Å². The summed E-state index contributed by atoms with van der Waals surface area (Å²) in [6.07, 6.45) is 6.95. The third-order valence-corrected chi connectivity index (χ3v) is 3.23. The van der Waals surface area contributed by atoms with Gasteiger partial charge in [-0.25, -0.2) is 4.39 Å². The predicted octanol–water partition coefficient (Wildman–Crippen LogP) is 2.00. The van der Waals surface area contributed by atoms with Gasteiger partial charge in [0.05, 0.1) is 6.10 Å². The number of aliphatic hydroxyl groups excluding tert-OH is 1. The van der Waals surface area contributed by atoms with Crippen molar-refractivity contribution in [2.75, 3.05) is 6.67 Å². The molecular formula is C11H22FNO. The summed E-state index contributed by atoms with van der Waals surface area (Å²) in [5.41, 5.74) is 5.97. The zero-order valence-electron chi connectivity index (χ0n) is 8.79. The fourth-order valence-corrected chi connectivity index (χ4v) is 2.31. The molecule has 2 nitrogen and oxygen atoms in total. The Bertz CT molecular complexity index is 146. The Morgan fingerprint density at radius 2 is 1.79 bits per heavy atom. The summed E-state index contributed by atoms with van der Waals surface area (Å²) in [7, 11) is 0. The van der Waals surface area contributed by atoms with Crippen molar-refractivity contribution in [2.45, 2.75) is 57.1 Å². The summed E-state index contributed by atoms with van der Waals surface area (Å²) in [5, 5.41) is 9.17. The first-order chi connectivity index (χ1) is 6.74. The van der Waals surface area contributed by atoms with Gasteiger partial charge < -0.3 is 10.8 Å². The quantitative estimate of drug-likeness (QED) is 0.686. The molecule has 3 heteroatoms. The Labute approximate surface area is 85.7 Å². The van der Waals surface area contributed by atoms with Gasteiger partial charge in [0.25, 0.3) is 0 Å². The lowest BCUT2D eigenvalue weighted by molar-refractivity contribution is 0.113. The number of hydrogen-bond donors (Lipinski definition) is 2. The maximum Gasteiger partial charge on any atom is 0.115 e. The van der Waals surface area contributed by atoms with Crippen molar-refractivity contribution in [1.82, 2.24) is 0 Å². The minimum absolute atomic E-state index is 0.0150. The molecular weight excluding hydrogens is 181 g/mol. The van der Waals surface area contributed by atoms with E-state index in [1.54, 1.807) is 0 Å². The molecule has 14 heavy (non-hydrogen) atoms. The molecule has 0 bridgehead atoms. The van der Waals surface area contributed by atoms with Crippen molar-refractivity contribution >= 4 is 0 Å². The van der Waals surface area contributed by atoms with Crippen molar-refractivity contribution in [3.05, 3.63) is 0 Å². The minimum atomic E-state index is -0.853. The van der Waals surface area contributed by atoms with Crippen LogP contribution < -0.4 is 5.73 Å². The van der Waals surface area contributed by atoms with Crippen molar-refractivity contribution in [3.8, 4) is 0 Å². The Morgan fingerprint density at radius 3 is 2.29 bits per heavy atom. The van der Waals surface area contributed by atoms with Crippen LogP contribution >= 0.6 is 0 Å². The number of alkyl halides is 1. The van der Waals surface area contributed by atoms with E-state index in [1.165, 1.54) is 25.7 Å². The van der Waals surface area contributed by atoms with Gasteiger partial charge in [0, 0.05) is 6.04 Å². The molecule has 1 fully saturated rings. The maximum absolute atomic E-state index is 12.1. The highest BCUT2D eigenvalue weighted by Crippen LogP contribution is 2.26. The van der Waals surface area contributed by atoms with Crippen LogP contribution in [0.5, 0.6) is 0 Å². The summed E-state index contributed by atoms with van der Waals surface area (Å²) < 4.78 is 12.1. The smallest absolute Gasteiger partial charge is 0.115 e. The lowest BCUT2D eigenvalue weighted by Gasteiger charge is -2.23. The molecule has 0 spiro atoms. The van der Waals surface area contributed by atoms with Gasteiger partial charge >= 0.3 is 0 Å². The molecule has 0 aromatic rings. The minimum Gasteiger partial charge on any atom is -0.390 e. The maximum atomic E-state index is 12.1. The van der Waals surface area contributed by atoms with Gasteiger partial charge in [-0.2, -0.15) is 0 Å². The van der Waals surface area contributed by atoms with E-state index in [2.05, 4.69) is 0 Å². The molecule has 1 rings (SSSR count). The second kappa shape index (κ2) is 6.36. The van der Waals surface area contributed by atoms with Gasteiger partial charge in [-0.15, -0.1) is 0 Å². The highest BCUT2D eigenvalue weighted by molar-refractivity contribution is 4.77. The molecule has 84 valence electrons. The Morgan fingerprint density at radius 1 is 1.21 bits per heavy atom. The van der Waals surface area contributed by atoms with Crippen molar-refractivity contribution < 1.29 is 9.50 Å². The van der Waals surface area contributed by atoms with E-state index >= 15 is 0 Å². The second-order valence-electron chi connectivity index (χ2n) is 4.46. The summed E-state index contributed by atoms with van der Waals surface area (Å²) in [5.74, 6) is 0.499. The predicted molar refractivity (Wildman–Crippen MR) is 55.8 cm³/mol. The molecule has 0 aliphatic heterocycles. The normalized spacial score (nSPS) is 24.2. The number of nitrogens with two attached hydrogens (primary N) is 1. The topological polar surface area (TPSA) is 46.2 Å². The van der Waals surface area contributed by atoms with Gasteiger partial charge in [-0.1, -0.05) is 25.7 Å². The van der Waals surface area contributed by atoms with Crippen LogP contribution in [0, 0.1) is 5.92 Å². The first kappa shape index (κ1) is 11.9. The number of aliphatic hydroxyl groups is 1. The van der Waals surface area contributed by atoms with Crippen LogP contribution in [0.3, 0.4) is 0 Å². The average Bonchev–Trinajstić information content (AvgIpc) is 2.45. The summed E-state index contributed by atoms with van der Waals surface area (Å²) in [6.45, 7) is -0.666. The van der Waals surface area contributed by atoms with Crippen LogP contribution in [0.1, 0.15) is 44.9 Å². The van der Waals surface area contributed by atoms with Crippen LogP contribution in [-0.4, -0.2) is 23.9 Å². The fourth-order valence-electron chi connectivity index (χ4n) is 2.31. The zero-order valence-corrected chi connectivity index (χ0v) is 8.79. The van der Waals surface area contributed by atoms with Crippen LogP contribution in [0.2, 0.25) is 0 Å². The lowest BCUT2D eigenvalue weighted by Crippen LogP contribution is -2.34. The highest BCUT2D eigenvalue weighted by Gasteiger charge is 2.21. The van der Waals surface area contributed by atoms with E-state index in [9.17, 15) is 9.50 Å². The molecule has 1 aliphatic carbocycles. The molecule has 1 aliphatic rings. The van der Waals surface area contributed by atoms with Gasteiger partial charge in [0.15, 0.2) is 0 Å². The Hall–Kier alpha value is -0.150. The second-order valence-corrected chi connectivity index (χ2v) is 4.46. The zero-order chi connectivity index (χ0) is 10.4. The molecule has 0 aromatic carbocycles. The molecule has 0 amide bonds. The van der Waals surface area contributed by atoms with Gasteiger partial charge in [-0.05, 0) is 25.2 Å². The molecule has 1 saturated carbocycles. The molecule has 0 heterocycles. The first-order valence-corrected chi connectivity index (χ1v) is 5.73. The number of halogens is 1. The van der Waals surface area contributed by atoms with Crippen LogP contribution in [-0.2, 0) is 0 Å². The van der Waals surface area contributed by atoms with Crippen LogP contribution in [0.15, 0.2) is 0 Å². The van der Waals surface area contributed by atoms with Crippen LogP contribution in [0.4, 0.5) is 4.39 Å². The van der Waals surface area contributed by atoms with E-state index in [1.807, 2.05) is 0 Å². The number of rotatable bonds is 4. The monoisotopic (exact) mass is 203 g/mol. The van der Waals surface area contributed by atoms with Gasteiger partial charge in [-0.3, -0.25) is 0 Å².